The third-order valence-corrected chi connectivity index (χ3v) is 5.02. The minimum atomic E-state index is -0.0590. The van der Waals surface area contributed by atoms with Gasteiger partial charge in [-0.15, -0.1) is 0 Å². The molecule has 2 aromatic rings. The van der Waals surface area contributed by atoms with E-state index >= 15 is 0 Å². The first kappa shape index (κ1) is 19.4. The lowest BCUT2D eigenvalue weighted by atomic mass is 10.2. The maximum Gasteiger partial charge on any atom is 0.317 e. The molecule has 3 rings (SSSR count). The monoisotopic (exact) mass is 387 g/mol. The molecule has 0 bridgehead atoms. The number of nitrogens with one attached hydrogen (secondary N) is 1. The van der Waals surface area contributed by atoms with Gasteiger partial charge in [0.25, 0.3) is 0 Å². The highest BCUT2D eigenvalue weighted by Crippen LogP contribution is 2.19. The van der Waals surface area contributed by atoms with Gasteiger partial charge >= 0.3 is 6.03 Å². The first-order chi connectivity index (χ1) is 12.9. The van der Waals surface area contributed by atoms with Crippen molar-refractivity contribution < 1.29 is 4.79 Å². The van der Waals surface area contributed by atoms with E-state index in [1.54, 1.807) is 0 Å². The number of piperazine rings is 1. The zero-order valence-electron chi connectivity index (χ0n) is 16.1. The molecule has 1 saturated heterocycles. The van der Waals surface area contributed by atoms with E-state index in [0.29, 0.717) is 30.6 Å². The van der Waals surface area contributed by atoms with Crippen molar-refractivity contribution in [3.05, 3.63) is 52.4 Å². The van der Waals surface area contributed by atoms with Gasteiger partial charge in [-0.2, -0.15) is 0 Å². The molecule has 0 spiro atoms. The second-order valence-corrected chi connectivity index (χ2v) is 7.51. The molecule has 1 aromatic heterocycles. The zero-order valence-corrected chi connectivity index (χ0v) is 16.8. The van der Waals surface area contributed by atoms with Crippen LogP contribution in [0.25, 0.3) is 0 Å². The highest BCUT2D eigenvalue weighted by Gasteiger charge is 2.22. The van der Waals surface area contributed by atoms with Crippen molar-refractivity contribution in [1.82, 2.24) is 20.2 Å². The van der Waals surface area contributed by atoms with E-state index < -0.39 is 0 Å². The molecule has 2 amide bonds. The molecule has 6 nitrogen and oxygen atoms in total. The third-order valence-electron chi connectivity index (χ3n) is 4.65. The summed E-state index contributed by atoms with van der Waals surface area (Å²) in [5.74, 6) is 2.10. The fourth-order valence-corrected chi connectivity index (χ4v) is 3.26. The Morgan fingerprint density at radius 1 is 1.19 bits per heavy atom. The second kappa shape index (κ2) is 8.57. The summed E-state index contributed by atoms with van der Waals surface area (Å²) >= 11 is 6.14. The molecule has 1 N–H and O–H groups in total. The summed E-state index contributed by atoms with van der Waals surface area (Å²) < 4.78 is 0. The lowest BCUT2D eigenvalue weighted by Gasteiger charge is -2.35. The quantitative estimate of drug-likeness (QED) is 0.870. The second-order valence-electron chi connectivity index (χ2n) is 7.10. The number of hydrogen-bond donors (Lipinski definition) is 1. The molecule has 2 heterocycles. The number of aromatic nitrogens is 2. The molecule has 0 unspecified atom stereocenters. The summed E-state index contributed by atoms with van der Waals surface area (Å²) in [5, 5.41) is 3.62. The molecule has 0 atom stereocenters. The Morgan fingerprint density at radius 2 is 1.89 bits per heavy atom. The Balaban J connectivity index is 1.55. The van der Waals surface area contributed by atoms with E-state index in [9.17, 15) is 4.79 Å². The molecule has 7 heteroatoms. The predicted octanol–water partition coefficient (Wildman–Crippen LogP) is 3.59. The van der Waals surface area contributed by atoms with Gasteiger partial charge < -0.3 is 15.1 Å². The van der Waals surface area contributed by atoms with Crippen molar-refractivity contribution in [3.63, 3.8) is 0 Å². The van der Waals surface area contributed by atoms with Crippen LogP contribution in [-0.4, -0.2) is 47.1 Å². The van der Waals surface area contributed by atoms with Gasteiger partial charge in [0.05, 0.1) is 0 Å². The lowest BCUT2D eigenvalue weighted by Crippen LogP contribution is -2.52. The molecule has 1 fully saturated rings. The summed E-state index contributed by atoms with van der Waals surface area (Å²) in [6, 6.07) is 9.50. The van der Waals surface area contributed by atoms with Crippen LogP contribution in [0.15, 0.2) is 30.3 Å². The molecule has 0 radical (unpaired) electrons. The summed E-state index contributed by atoms with van der Waals surface area (Å²) in [7, 11) is 0. The normalized spacial score (nSPS) is 14.6. The van der Waals surface area contributed by atoms with Crippen LogP contribution in [0.5, 0.6) is 0 Å². The smallest absolute Gasteiger partial charge is 0.317 e. The number of carbonyl (C=O) groups is 1. The van der Waals surface area contributed by atoms with E-state index in [-0.39, 0.29) is 6.03 Å². The summed E-state index contributed by atoms with van der Waals surface area (Å²) in [6.45, 7) is 9.46. The van der Waals surface area contributed by atoms with Crippen molar-refractivity contribution in [3.8, 4) is 0 Å². The zero-order chi connectivity index (χ0) is 19.4. The van der Waals surface area contributed by atoms with Gasteiger partial charge in [-0.25, -0.2) is 14.8 Å². The standard InChI is InChI=1S/C20H26ClN5O/c1-14(2)19-23-15(3)12-18(24-19)25-8-10-26(11-9-25)20(27)22-13-16-6-4-5-7-17(16)21/h4-7,12,14H,8-11,13H2,1-3H3,(H,22,27). The van der Waals surface area contributed by atoms with Gasteiger partial charge in [-0.05, 0) is 18.6 Å². The number of urea groups is 1. The molecular formula is C20H26ClN5O. The SMILES string of the molecule is Cc1cc(N2CCN(C(=O)NCc3ccccc3Cl)CC2)nc(C(C)C)n1. The third kappa shape index (κ3) is 4.89. The van der Waals surface area contributed by atoms with Crippen LogP contribution in [-0.2, 0) is 6.54 Å². The number of halogens is 1. The molecule has 0 aliphatic carbocycles. The van der Waals surface area contributed by atoms with Crippen LogP contribution in [0.2, 0.25) is 5.02 Å². The van der Waals surface area contributed by atoms with Gasteiger partial charge in [-0.1, -0.05) is 43.6 Å². The molecule has 1 aromatic carbocycles. The van der Waals surface area contributed by atoms with E-state index in [0.717, 1.165) is 36.0 Å². The highest BCUT2D eigenvalue weighted by molar-refractivity contribution is 6.31. The van der Waals surface area contributed by atoms with Gasteiger partial charge in [0.1, 0.15) is 11.6 Å². The molecule has 1 aliphatic rings. The lowest BCUT2D eigenvalue weighted by molar-refractivity contribution is 0.194. The van der Waals surface area contributed by atoms with Gasteiger partial charge in [0.15, 0.2) is 0 Å². The maximum atomic E-state index is 12.5. The van der Waals surface area contributed by atoms with Crippen molar-refractivity contribution in [2.75, 3.05) is 31.1 Å². The molecule has 0 saturated carbocycles. The fraction of sp³-hybridized carbons (Fsp3) is 0.450. The highest BCUT2D eigenvalue weighted by atomic mass is 35.5. The van der Waals surface area contributed by atoms with Crippen LogP contribution in [0.4, 0.5) is 10.6 Å². The Labute approximate surface area is 165 Å². The van der Waals surface area contributed by atoms with Crippen LogP contribution in [0.3, 0.4) is 0 Å². The number of rotatable bonds is 4. The predicted molar refractivity (Wildman–Crippen MR) is 108 cm³/mol. The summed E-state index contributed by atoms with van der Waals surface area (Å²) in [6.07, 6.45) is 0. The average Bonchev–Trinajstić information content (AvgIpc) is 2.66. The van der Waals surface area contributed by atoms with Gasteiger partial charge in [-0.3, -0.25) is 0 Å². The van der Waals surface area contributed by atoms with Gasteiger partial charge in [0.2, 0.25) is 0 Å². The summed E-state index contributed by atoms with van der Waals surface area (Å²) in [4.78, 5) is 25.7. The molecule has 1 aliphatic heterocycles. The van der Waals surface area contributed by atoms with Crippen molar-refractivity contribution in [1.29, 1.82) is 0 Å². The van der Waals surface area contributed by atoms with Crippen molar-refractivity contribution in [2.45, 2.75) is 33.2 Å². The number of anilines is 1. The molecule has 27 heavy (non-hydrogen) atoms. The van der Waals surface area contributed by atoms with E-state index in [1.165, 1.54) is 0 Å². The van der Waals surface area contributed by atoms with Crippen LogP contribution >= 0.6 is 11.6 Å². The average molecular weight is 388 g/mol. The van der Waals surface area contributed by atoms with E-state index in [2.05, 4.69) is 29.0 Å². The minimum Gasteiger partial charge on any atom is -0.353 e. The van der Waals surface area contributed by atoms with Crippen molar-refractivity contribution in [2.24, 2.45) is 0 Å². The number of amides is 2. The number of hydrogen-bond acceptors (Lipinski definition) is 4. The summed E-state index contributed by atoms with van der Waals surface area (Å²) in [5.41, 5.74) is 1.90. The molecular weight excluding hydrogens is 362 g/mol. The number of nitrogens with zero attached hydrogens (tertiary/aromatic N) is 4. The first-order valence-electron chi connectivity index (χ1n) is 9.30. The fourth-order valence-electron chi connectivity index (χ4n) is 3.06. The van der Waals surface area contributed by atoms with Gasteiger partial charge in [0, 0.05) is 55.4 Å². The number of carbonyl (C=O) groups excluding carboxylic acids is 1. The van der Waals surface area contributed by atoms with Crippen LogP contribution < -0.4 is 10.2 Å². The minimum absolute atomic E-state index is 0.0590. The number of benzene rings is 1. The van der Waals surface area contributed by atoms with Crippen molar-refractivity contribution >= 4 is 23.4 Å². The Morgan fingerprint density at radius 3 is 2.56 bits per heavy atom. The van der Waals surface area contributed by atoms with Crippen LogP contribution in [0, 0.1) is 6.92 Å². The largest absolute Gasteiger partial charge is 0.353 e. The van der Waals surface area contributed by atoms with Crippen LogP contribution in [0.1, 0.15) is 36.8 Å². The van der Waals surface area contributed by atoms with E-state index in [1.807, 2.05) is 42.2 Å². The first-order valence-corrected chi connectivity index (χ1v) is 9.68. The Kier molecular flexibility index (Phi) is 6.16. The Hall–Kier alpha value is -2.34. The number of aryl methyl sites for hydroxylation is 1. The molecule has 144 valence electrons. The topological polar surface area (TPSA) is 61.4 Å². The Bertz CT molecular complexity index is 803. The maximum absolute atomic E-state index is 12.5. The van der Waals surface area contributed by atoms with E-state index in [4.69, 9.17) is 16.6 Å².